The number of aromatic nitrogens is 3. The molecule has 0 saturated carbocycles. The molecule has 1 spiro atoms. The van der Waals surface area contributed by atoms with Crippen molar-refractivity contribution < 1.29 is 0 Å². The van der Waals surface area contributed by atoms with Gasteiger partial charge in [-0.3, -0.25) is 0 Å². The molecule has 14 aromatic carbocycles. The van der Waals surface area contributed by atoms with Gasteiger partial charge in [-0.05, 0) is 133 Å². The fraction of sp³-hybridized carbons (Fsp3) is 0.0118. The molecular formula is C85H56N4Si. The fourth-order valence-electron chi connectivity index (χ4n) is 16.3. The normalized spacial score (nSPS) is 14.2. The summed E-state index contributed by atoms with van der Waals surface area (Å²) in [7, 11) is -3.17. The molecule has 1 atom stereocenters. The van der Waals surface area contributed by atoms with Gasteiger partial charge in [0.1, 0.15) is 0 Å². The molecule has 17 aromatic rings. The third kappa shape index (κ3) is 6.95. The molecule has 0 fully saturated rings. The number of benzene rings is 14. The summed E-state index contributed by atoms with van der Waals surface area (Å²) in [5.74, 6) is 0. The Labute approximate surface area is 522 Å². The number of anilines is 3. The Hall–Kier alpha value is -11.5. The maximum Gasteiger partial charge on any atom is 0.179 e. The van der Waals surface area contributed by atoms with Crippen molar-refractivity contribution in [1.29, 1.82) is 0 Å². The van der Waals surface area contributed by atoms with Gasteiger partial charge in [0.25, 0.3) is 0 Å². The van der Waals surface area contributed by atoms with Crippen molar-refractivity contribution in [2.75, 3.05) is 4.90 Å². The number of hydrogen-bond donors (Lipinski definition) is 0. The maximum absolute atomic E-state index is 3.17. The minimum atomic E-state index is -3.17. The van der Waals surface area contributed by atoms with E-state index in [9.17, 15) is 0 Å². The quantitative estimate of drug-likeness (QED) is 0.110. The van der Waals surface area contributed by atoms with Crippen molar-refractivity contribution in [2.24, 2.45) is 0 Å². The summed E-state index contributed by atoms with van der Waals surface area (Å²) in [6.45, 7) is 0. The Morgan fingerprint density at radius 2 is 0.644 bits per heavy atom. The van der Waals surface area contributed by atoms with Crippen LogP contribution in [-0.4, -0.2) is 21.8 Å². The van der Waals surface area contributed by atoms with Crippen molar-refractivity contribution >= 4 is 111 Å². The van der Waals surface area contributed by atoms with Crippen LogP contribution in [0.25, 0.3) is 93.6 Å². The zero-order chi connectivity index (χ0) is 59.1. The number of fused-ring (bicyclic) bond motifs is 17. The van der Waals surface area contributed by atoms with E-state index in [0.29, 0.717) is 0 Å². The molecule has 19 rings (SSSR count). The van der Waals surface area contributed by atoms with E-state index in [-0.39, 0.29) is 0 Å². The lowest BCUT2D eigenvalue weighted by molar-refractivity contribution is 0.716. The highest BCUT2D eigenvalue weighted by Gasteiger charge is 2.52. The van der Waals surface area contributed by atoms with Gasteiger partial charge in [0.05, 0.1) is 55.6 Å². The predicted octanol–water partition coefficient (Wildman–Crippen LogP) is 18.5. The number of hydrogen-bond acceptors (Lipinski definition) is 1. The Kier molecular flexibility index (Phi) is 11.0. The molecule has 0 saturated heterocycles. The third-order valence-corrected chi connectivity index (χ3v) is 24.7. The van der Waals surface area contributed by atoms with Gasteiger partial charge in [-0.25, -0.2) is 0 Å². The van der Waals surface area contributed by atoms with Crippen LogP contribution in [0.2, 0.25) is 0 Å². The molecule has 420 valence electrons. The summed E-state index contributed by atoms with van der Waals surface area (Å²) in [4.78, 5) is 2.53. The number of rotatable bonds is 8. The second kappa shape index (κ2) is 19.5. The van der Waals surface area contributed by atoms with Crippen LogP contribution >= 0.6 is 0 Å². The summed E-state index contributed by atoms with van der Waals surface area (Å²) in [6.07, 6.45) is 0. The topological polar surface area (TPSA) is 18.0 Å². The van der Waals surface area contributed by atoms with Gasteiger partial charge in [-0.2, -0.15) is 0 Å². The summed E-state index contributed by atoms with van der Waals surface area (Å²) in [6, 6.07) is 128. The lowest BCUT2D eigenvalue weighted by Crippen LogP contribution is -2.74. The van der Waals surface area contributed by atoms with Gasteiger partial charge in [0, 0.05) is 49.4 Å². The zero-order valence-electron chi connectivity index (χ0n) is 49.1. The molecule has 0 bridgehead atoms. The second-order valence-corrected chi connectivity index (χ2v) is 28.1. The molecular weight excluding hydrogens is 1110 g/mol. The molecule has 1 unspecified atom stereocenters. The van der Waals surface area contributed by atoms with Gasteiger partial charge in [0.2, 0.25) is 0 Å². The molecule has 0 N–H and O–H groups in total. The van der Waals surface area contributed by atoms with Crippen molar-refractivity contribution in [3.63, 3.8) is 0 Å². The molecule has 5 heteroatoms. The van der Waals surface area contributed by atoms with E-state index in [1.54, 1.807) is 0 Å². The monoisotopic (exact) mass is 1160 g/mol. The van der Waals surface area contributed by atoms with Gasteiger partial charge in [-0.15, -0.1) is 0 Å². The first kappa shape index (κ1) is 50.6. The van der Waals surface area contributed by atoms with Crippen LogP contribution in [-0.2, 0) is 5.41 Å². The first-order chi connectivity index (χ1) is 44.7. The van der Waals surface area contributed by atoms with E-state index in [0.717, 1.165) is 28.4 Å². The highest BCUT2D eigenvalue weighted by molar-refractivity contribution is 7.20. The largest absolute Gasteiger partial charge is 0.310 e. The van der Waals surface area contributed by atoms with Crippen LogP contribution in [0.4, 0.5) is 17.1 Å². The van der Waals surface area contributed by atoms with E-state index in [4.69, 9.17) is 0 Å². The van der Waals surface area contributed by atoms with E-state index in [2.05, 4.69) is 358 Å². The van der Waals surface area contributed by atoms with E-state index in [1.807, 2.05) is 0 Å². The first-order valence-electron chi connectivity index (χ1n) is 31.2. The fourth-order valence-corrected chi connectivity index (χ4v) is 21.1. The van der Waals surface area contributed by atoms with Crippen LogP contribution in [0, 0.1) is 0 Å². The number of nitrogens with zero attached hydrogens (tertiary/aromatic N) is 4. The lowest BCUT2D eigenvalue weighted by atomic mass is 9.60. The average molecular weight is 1160 g/mol. The average Bonchev–Trinajstić information content (AvgIpc) is 1.16. The summed E-state index contributed by atoms with van der Waals surface area (Å²) >= 11 is 0. The van der Waals surface area contributed by atoms with Crippen molar-refractivity contribution in [3.05, 3.63) is 362 Å². The van der Waals surface area contributed by atoms with Crippen molar-refractivity contribution in [3.8, 4) is 28.2 Å². The summed E-state index contributed by atoms with van der Waals surface area (Å²) < 4.78 is 7.60. The smallest absolute Gasteiger partial charge is 0.179 e. The Balaban J connectivity index is 0.955. The molecule has 2 aliphatic rings. The predicted molar refractivity (Wildman–Crippen MR) is 379 cm³/mol. The molecule has 2 aliphatic heterocycles. The first-order valence-corrected chi connectivity index (χ1v) is 33.2. The van der Waals surface area contributed by atoms with Gasteiger partial charge >= 0.3 is 0 Å². The molecule has 0 amide bonds. The minimum absolute atomic E-state index is 0.814. The zero-order valence-corrected chi connectivity index (χ0v) is 50.1. The summed E-state index contributed by atoms with van der Waals surface area (Å²) in [5.41, 5.74) is 20.5. The molecule has 5 heterocycles. The molecule has 4 nitrogen and oxygen atoms in total. The van der Waals surface area contributed by atoms with Gasteiger partial charge in [0.15, 0.2) is 8.07 Å². The molecule has 0 radical (unpaired) electrons. The summed E-state index contributed by atoms with van der Waals surface area (Å²) in [5, 5.41) is 12.7. The third-order valence-electron chi connectivity index (χ3n) is 20.0. The van der Waals surface area contributed by atoms with E-state index >= 15 is 0 Å². The molecule has 90 heavy (non-hydrogen) atoms. The molecule has 3 aromatic heterocycles. The van der Waals surface area contributed by atoms with Crippen LogP contribution in [0.5, 0.6) is 0 Å². The number of para-hydroxylation sites is 7. The minimum Gasteiger partial charge on any atom is -0.310 e. The lowest BCUT2D eigenvalue weighted by Gasteiger charge is -2.49. The van der Waals surface area contributed by atoms with Gasteiger partial charge in [-0.1, -0.05) is 261 Å². The van der Waals surface area contributed by atoms with E-state index in [1.165, 1.54) is 125 Å². The Bertz CT molecular complexity index is 5580. The van der Waals surface area contributed by atoms with Crippen LogP contribution in [0.1, 0.15) is 22.3 Å². The Morgan fingerprint density at radius 1 is 0.222 bits per heavy atom. The SMILES string of the molecule is c1ccc(-c2ccc([Si](c3ccccc3)(c3ccccc3)c3ccc4c(c3)-n3c5ccc(-n6c7ccccc7c7ccccc76)cc5c5cccc(c53)C43c4ccccc4N(c4ccccc4)c4cc(-n5c6ccccc6c6ccccc65)ccc43)cc2)cc1. The Morgan fingerprint density at radius 3 is 1.26 bits per heavy atom. The molecule has 0 aliphatic carbocycles. The van der Waals surface area contributed by atoms with E-state index < -0.39 is 13.5 Å². The van der Waals surface area contributed by atoms with Gasteiger partial charge < -0.3 is 18.6 Å². The second-order valence-electron chi connectivity index (χ2n) is 24.3. The van der Waals surface area contributed by atoms with Crippen LogP contribution in [0.15, 0.2) is 340 Å². The van der Waals surface area contributed by atoms with Crippen molar-refractivity contribution in [2.45, 2.75) is 5.41 Å². The van der Waals surface area contributed by atoms with Crippen LogP contribution < -0.4 is 25.6 Å². The highest BCUT2D eigenvalue weighted by Crippen LogP contribution is 2.62. The van der Waals surface area contributed by atoms with Crippen molar-refractivity contribution in [1.82, 2.24) is 13.7 Å². The maximum atomic E-state index is 2.66. The van der Waals surface area contributed by atoms with Crippen LogP contribution in [0.3, 0.4) is 0 Å². The highest BCUT2D eigenvalue weighted by atomic mass is 28.3. The standard InChI is InChI=1S/C85H56N4Si/c1-5-24-57(25-6-1)58-44-48-64(49-45-58)90(62-28-9-3-10-29-62,63-30-11-4-12-31-63)65-50-52-74-83(56-65)89-80-53-47-60(87-76-39-18-13-32-66(76)67-33-14-19-40-77(67)87)54-71(80)70-36-23-38-75(84(70)89)85(74)72-37-17-22-43-81(72)86(59-26-7-2-8-27-59)82-55-61(46-51-73(82)85)88-78-41-20-15-34-68(78)69-35-16-21-42-79(69)88/h1-56H.